The molecule has 0 aromatic rings. The smallest absolute Gasteiger partial charge is 0.309 e. The molecule has 4 atom stereocenters. The molecule has 2 fully saturated rings. The quantitative estimate of drug-likeness (QED) is 0.180. The molecule has 4 nitrogen and oxygen atoms in total. The monoisotopic (exact) mass is 452 g/mol. The molecule has 0 radical (unpaired) electrons. The fourth-order valence-corrected chi connectivity index (χ4v) is 5.45. The zero-order valence-corrected chi connectivity index (χ0v) is 21.5. The molecule has 0 bridgehead atoms. The van der Waals surface area contributed by atoms with Crippen LogP contribution in [0.3, 0.4) is 0 Å². The summed E-state index contributed by atoms with van der Waals surface area (Å²) in [7, 11) is 0. The van der Waals surface area contributed by atoms with Gasteiger partial charge in [0, 0.05) is 0 Å². The molecule has 0 saturated heterocycles. The molecule has 0 aromatic carbocycles. The van der Waals surface area contributed by atoms with Crippen LogP contribution in [0.2, 0.25) is 0 Å². The Morgan fingerprint density at radius 3 is 2.03 bits per heavy atom. The van der Waals surface area contributed by atoms with Crippen LogP contribution in [0.5, 0.6) is 0 Å². The van der Waals surface area contributed by atoms with E-state index in [1.807, 2.05) is 0 Å². The Hall–Kier alpha value is -0.610. The summed E-state index contributed by atoms with van der Waals surface area (Å²) in [4.78, 5) is 12.6. The Balaban J connectivity index is 1.51. The average molecular weight is 453 g/mol. The van der Waals surface area contributed by atoms with Crippen molar-refractivity contribution in [1.82, 2.24) is 0 Å². The molecule has 4 heteroatoms. The summed E-state index contributed by atoms with van der Waals surface area (Å²) in [6.07, 6.45) is 20.5. The molecule has 0 heterocycles. The number of carbonyl (C=O) groups is 1. The second-order valence-corrected chi connectivity index (χ2v) is 10.6. The van der Waals surface area contributed by atoms with Gasteiger partial charge in [0.25, 0.3) is 0 Å². The van der Waals surface area contributed by atoms with Crippen LogP contribution in [-0.2, 0) is 19.0 Å². The van der Waals surface area contributed by atoms with Crippen LogP contribution in [0, 0.1) is 17.8 Å². The molecule has 0 aliphatic heterocycles. The van der Waals surface area contributed by atoms with E-state index in [9.17, 15) is 4.79 Å². The van der Waals surface area contributed by atoms with Gasteiger partial charge in [-0.2, -0.15) is 0 Å². The molecule has 2 aliphatic rings. The van der Waals surface area contributed by atoms with Crippen LogP contribution in [0.25, 0.3) is 0 Å². The van der Waals surface area contributed by atoms with E-state index in [0.717, 1.165) is 19.3 Å². The molecule has 2 rings (SSSR count). The molecule has 32 heavy (non-hydrogen) atoms. The van der Waals surface area contributed by atoms with Gasteiger partial charge < -0.3 is 14.2 Å². The van der Waals surface area contributed by atoms with E-state index in [1.165, 1.54) is 83.5 Å². The Kier molecular flexibility index (Phi) is 14.6. The first-order chi connectivity index (χ1) is 15.6. The normalized spacial score (nSPS) is 26.8. The Bertz CT molecular complexity index is 474. The molecule has 0 aromatic heterocycles. The van der Waals surface area contributed by atoms with Gasteiger partial charge in [-0.05, 0) is 43.9 Å². The maximum atomic E-state index is 12.6. The number of rotatable bonds is 16. The summed E-state index contributed by atoms with van der Waals surface area (Å²) >= 11 is 0. The first-order valence-corrected chi connectivity index (χ1v) is 14.0. The number of ether oxygens (including phenoxy) is 3. The van der Waals surface area contributed by atoms with E-state index in [2.05, 4.69) is 20.8 Å². The van der Waals surface area contributed by atoms with Gasteiger partial charge >= 0.3 is 5.97 Å². The van der Waals surface area contributed by atoms with Gasteiger partial charge in [0.2, 0.25) is 0 Å². The Morgan fingerprint density at radius 1 is 0.719 bits per heavy atom. The van der Waals surface area contributed by atoms with Crippen molar-refractivity contribution in [2.45, 2.75) is 136 Å². The molecular weight excluding hydrogens is 400 g/mol. The van der Waals surface area contributed by atoms with Crippen LogP contribution < -0.4 is 0 Å². The number of esters is 1. The topological polar surface area (TPSA) is 44.8 Å². The Labute approximate surface area is 198 Å². The van der Waals surface area contributed by atoms with Gasteiger partial charge in [-0.15, -0.1) is 0 Å². The first kappa shape index (κ1) is 27.6. The van der Waals surface area contributed by atoms with Gasteiger partial charge in [0.05, 0.1) is 37.9 Å². The zero-order chi connectivity index (χ0) is 23.0. The van der Waals surface area contributed by atoms with Crippen LogP contribution in [0.4, 0.5) is 0 Å². The second-order valence-electron chi connectivity index (χ2n) is 10.6. The maximum Gasteiger partial charge on any atom is 0.309 e. The lowest BCUT2D eigenvalue weighted by atomic mass is 9.74. The molecule has 0 N–H and O–H groups in total. The summed E-state index contributed by atoms with van der Waals surface area (Å²) < 4.78 is 17.8. The molecule has 4 unspecified atom stereocenters. The minimum atomic E-state index is 0.0167. The summed E-state index contributed by atoms with van der Waals surface area (Å²) in [5, 5.41) is 0. The highest BCUT2D eigenvalue weighted by Crippen LogP contribution is 2.36. The molecule has 188 valence electrons. The lowest BCUT2D eigenvalue weighted by molar-refractivity contribution is -0.155. The van der Waals surface area contributed by atoms with Gasteiger partial charge in [-0.25, -0.2) is 0 Å². The van der Waals surface area contributed by atoms with E-state index in [1.54, 1.807) is 0 Å². The summed E-state index contributed by atoms with van der Waals surface area (Å²) in [5.41, 5.74) is 0. The number of carbonyl (C=O) groups excluding carboxylic acids is 1. The zero-order valence-electron chi connectivity index (χ0n) is 21.5. The predicted octanol–water partition coefficient (Wildman–Crippen LogP) is 7.48. The van der Waals surface area contributed by atoms with E-state index >= 15 is 0 Å². The van der Waals surface area contributed by atoms with E-state index in [4.69, 9.17) is 14.2 Å². The van der Waals surface area contributed by atoms with Crippen molar-refractivity contribution in [2.75, 3.05) is 19.8 Å². The second kappa shape index (κ2) is 16.9. The summed E-state index contributed by atoms with van der Waals surface area (Å²) in [6.45, 7) is 8.63. The minimum Gasteiger partial charge on any atom is -0.465 e. The first-order valence-electron chi connectivity index (χ1n) is 14.0. The van der Waals surface area contributed by atoms with Crippen molar-refractivity contribution in [1.29, 1.82) is 0 Å². The van der Waals surface area contributed by atoms with Gasteiger partial charge in [0.1, 0.15) is 0 Å². The fraction of sp³-hybridized carbons (Fsp3) is 0.964. The van der Waals surface area contributed by atoms with Crippen LogP contribution in [-0.4, -0.2) is 38.0 Å². The van der Waals surface area contributed by atoms with E-state index < -0.39 is 0 Å². The SMILES string of the molecule is CCCCCCCCCCCOC(=O)C1CC(C)C(OCCOC2CCCCC2)CC1C. The third-order valence-corrected chi connectivity index (χ3v) is 7.67. The Morgan fingerprint density at radius 2 is 1.34 bits per heavy atom. The summed E-state index contributed by atoms with van der Waals surface area (Å²) in [5.74, 6) is 0.766. The molecule has 2 saturated carbocycles. The fourth-order valence-electron chi connectivity index (χ4n) is 5.45. The van der Waals surface area contributed by atoms with Crippen LogP contribution >= 0.6 is 0 Å². The molecular formula is C28H52O4. The van der Waals surface area contributed by atoms with Crippen molar-refractivity contribution in [3.8, 4) is 0 Å². The van der Waals surface area contributed by atoms with Gasteiger partial charge in [-0.1, -0.05) is 91.4 Å². The molecule has 0 spiro atoms. The lowest BCUT2D eigenvalue weighted by Gasteiger charge is -2.37. The van der Waals surface area contributed by atoms with Crippen molar-refractivity contribution >= 4 is 5.97 Å². The summed E-state index contributed by atoms with van der Waals surface area (Å²) in [6, 6.07) is 0. The van der Waals surface area contributed by atoms with Crippen molar-refractivity contribution in [2.24, 2.45) is 17.8 Å². The van der Waals surface area contributed by atoms with Crippen molar-refractivity contribution < 1.29 is 19.0 Å². The van der Waals surface area contributed by atoms with Crippen molar-refractivity contribution in [3.63, 3.8) is 0 Å². The maximum absolute atomic E-state index is 12.6. The van der Waals surface area contributed by atoms with E-state index in [-0.39, 0.29) is 18.0 Å². The van der Waals surface area contributed by atoms with Crippen molar-refractivity contribution in [3.05, 3.63) is 0 Å². The van der Waals surface area contributed by atoms with Gasteiger partial charge in [0.15, 0.2) is 0 Å². The largest absolute Gasteiger partial charge is 0.465 e. The van der Waals surface area contributed by atoms with Crippen LogP contribution in [0.1, 0.15) is 124 Å². The van der Waals surface area contributed by atoms with E-state index in [0.29, 0.717) is 37.8 Å². The molecule has 0 amide bonds. The average Bonchev–Trinajstić information content (AvgIpc) is 2.80. The number of hydrogen-bond acceptors (Lipinski definition) is 4. The number of unbranched alkanes of at least 4 members (excludes halogenated alkanes) is 8. The highest BCUT2D eigenvalue weighted by Gasteiger charge is 2.37. The third-order valence-electron chi connectivity index (χ3n) is 7.67. The molecule has 2 aliphatic carbocycles. The van der Waals surface area contributed by atoms with Gasteiger partial charge in [-0.3, -0.25) is 4.79 Å². The third kappa shape index (κ3) is 11.0. The highest BCUT2D eigenvalue weighted by molar-refractivity contribution is 5.73. The number of hydrogen-bond donors (Lipinski definition) is 0. The predicted molar refractivity (Wildman–Crippen MR) is 132 cm³/mol. The standard InChI is InChI=1S/C28H52O4/c1-4-5-6-7-8-9-10-11-15-18-32-28(29)26-21-24(3)27(22-23(26)2)31-20-19-30-25-16-13-12-14-17-25/h23-27H,4-22H2,1-3H3. The van der Waals surface area contributed by atoms with Crippen LogP contribution in [0.15, 0.2) is 0 Å². The lowest BCUT2D eigenvalue weighted by Crippen LogP contribution is -2.39. The minimum absolute atomic E-state index is 0.0167. The highest BCUT2D eigenvalue weighted by atomic mass is 16.5.